The van der Waals surface area contributed by atoms with Crippen LogP contribution in [0.5, 0.6) is 0 Å². The predicted molar refractivity (Wildman–Crippen MR) is 69.8 cm³/mol. The van der Waals surface area contributed by atoms with Crippen molar-refractivity contribution in [2.45, 2.75) is 43.3 Å². The molecule has 1 unspecified atom stereocenters. The molecule has 0 spiro atoms. The highest BCUT2D eigenvalue weighted by atomic mass is 32.2. The highest BCUT2D eigenvalue weighted by molar-refractivity contribution is 7.99. The van der Waals surface area contributed by atoms with E-state index >= 15 is 0 Å². The van der Waals surface area contributed by atoms with Gasteiger partial charge in [0.05, 0.1) is 0 Å². The first-order valence-electron chi connectivity index (χ1n) is 5.88. The van der Waals surface area contributed by atoms with Gasteiger partial charge in [0.1, 0.15) is 0 Å². The Morgan fingerprint density at radius 3 is 2.67 bits per heavy atom. The summed E-state index contributed by atoms with van der Waals surface area (Å²) in [7, 11) is 0. The molecule has 5 heteroatoms. The Kier molecular flexibility index (Phi) is 6.02. The van der Waals surface area contributed by atoms with Gasteiger partial charge >= 0.3 is 6.18 Å². The lowest BCUT2D eigenvalue weighted by Crippen LogP contribution is -2.23. The summed E-state index contributed by atoms with van der Waals surface area (Å²) >= 11 is 1.59. The molecule has 1 nitrogen and oxygen atoms in total. The maximum absolute atomic E-state index is 12.0. The normalized spacial score (nSPS) is 13.6. The number of alkyl halides is 3. The summed E-state index contributed by atoms with van der Waals surface area (Å²) < 4.78 is 35.9. The first-order valence-corrected chi connectivity index (χ1v) is 6.87. The molecule has 0 aliphatic carbocycles. The van der Waals surface area contributed by atoms with Gasteiger partial charge in [-0.15, -0.1) is 11.8 Å². The number of hydrogen-bond donors (Lipinski definition) is 1. The quantitative estimate of drug-likeness (QED) is 0.791. The van der Waals surface area contributed by atoms with E-state index in [1.165, 1.54) is 5.56 Å². The highest BCUT2D eigenvalue weighted by Crippen LogP contribution is 2.24. The van der Waals surface area contributed by atoms with Gasteiger partial charge < -0.3 is 5.73 Å². The SMILES string of the molecule is Cc1cccc(SCC(N)CCCC(F)(F)F)c1. The van der Waals surface area contributed by atoms with E-state index in [1.54, 1.807) is 11.8 Å². The van der Waals surface area contributed by atoms with Crippen molar-refractivity contribution in [1.29, 1.82) is 0 Å². The minimum absolute atomic E-state index is 0.110. The molecule has 1 rings (SSSR count). The van der Waals surface area contributed by atoms with Gasteiger partial charge in [-0.1, -0.05) is 17.7 Å². The second-order valence-electron chi connectivity index (χ2n) is 4.39. The summed E-state index contributed by atoms with van der Waals surface area (Å²) in [5.74, 6) is 0.654. The van der Waals surface area contributed by atoms with E-state index in [4.69, 9.17) is 5.73 Å². The minimum atomic E-state index is -4.07. The van der Waals surface area contributed by atoms with Crippen LogP contribution in [0, 0.1) is 6.92 Å². The van der Waals surface area contributed by atoms with Gasteiger partial charge in [0.2, 0.25) is 0 Å². The molecule has 0 bridgehead atoms. The first-order chi connectivity index (χ1) is 8.37. The summed E-state index contributed by atoms with van der Waals surface area (Å²) in [6.45, 7) is 2.01. The van der Waals surface area contributed by atoms with E-state index in [0.29, 0.717) is 12.2 Å². The van der Waals surface area contributed by atoms with Crippen LogP contribution < -0.4 is 5.73 Å². The van der Waals surface area contributed by atoms with Crippen LogP contribution in [0.3, 0.4) is 0 Å². The third-order valence-electron chi connectivity index (χ3n) is 2.49. The minimum Gasteiger partial charge on any atom is -0.327 e. The van der Waals surface area contributed by atoms with E-state index in [-0.39, 0.29) is 12.5 Å². The number of rotatable bonds is 6. The van der Waals surface area contributed by atoms with E-state index in [0.717, 1.165) is 4.90 Å². The Morgan fingerprint density at radius 2 is 2.06 bits per heavy atom. The van der Waals surface area contributed by atoms with Crippen LogP contribution in [0.1, 0.15) is 24.8 Å². The number of hydrogen-bond acceptors (Lipinski definition) is 2. The van der Waals surface area contributed by atoms with Crippen molar-refractivity contribution in [1.82, 2.24) is 0 Å². The van der Waals surface area contributed by atoms with Crippen LogP contribution in [0.15, 0.2) is 29.2 Å². The van der Waals surface area contributed by atoms with E-state index in [9.17, 15) is 13.2 Å². The molecule has 0 saturated carbocycles. The number of aryl methyl sites for hydroxylation is 1. The molecule has 0 aromatic heterocycles. The predicted octanol–water partition coefficient (Wildman–Crippen LogP) is 4.15. The van der Waals surface area contributed by atoms with Gasteiger partial charge in [-0.2, -0.15) is 13.2 Å². The second-order valence-corrected chi connectivity index (χ2v) is 5.49. The van der Waals surface area contributed by atoms with Crippen molar-refractivity contribution in [3.63, 3.8) is 0 Å². The zero-order valence-corrected chi connectivity index (χ0v) is 11.2. The smallest absolute Gasteiger partial charge is 0.327 e. The van der Waals surface area contributed by atoms with Crippen LogP contribution in [-0.4, -0.2) is 18.0 Å². The number of benzene rings is 1. The third kappa shape index (κ3) is 6.91. The lowest BCUT2D eigenvalue weighted by Gasteiger charge is -2.12. The number of thioether (sulfide) groups is 1. The second kappa shape index (κ2) is 7.04. The van der Waals surface area contributed by atoms with E-state index in [1.807, 2.05) is 31.2 Å². The molecule has 0 aliphatic rings. The Balaban J connectivity index is 2.23. The van der Waals surface area contributed by atoms with Crippen LogP contribution >= 0.6 is 11.8 Å². The van der Waals surface area contributed by atoms with Crippen molar-refractivity contribution >= 4 is 11.8 Å². The average Bonchev–Trinajstić information content (AvgIpc) is 2.25. The Bertz CT molecular complexity index is 365. The first kappa shape index (κ1) is 15.4. The molecule has 18 heavy (non-hydrogen) atoms. The summed E-state index contributed by atoms with van der Waals surface area (Å²) in [6.07, 6.45) is -4.28. The Morgan fingerprint density at radius 1 is 1.33 bits per heavy atom. The molecule has 0 fully saturated rings. The van der Waals surface area contributed by atoms with Gasteiger partial charge in [0.25, 0.3) is 0 Å². The maximum atomic E-state index is 12.0. The fourth-order valence-corrected chi connectivity index (χ4v) is 2.57. The van der Waals surface area contributed by atoms with Gasteiger partial charge in [0, 0.05) is 23.1 Å². The topological polar surface area (TPSA) is 26.0 Å². The van der Waals surface area contributed by atoms with Crippen molar-refractivity contribution in [2.24, 2.45) is 5.73 Å². The number of halogens is 3. The van der Waals surface area contributed by atoms with Crippen LogP contribution in [-0.2, 0) is 0 Å². The van der Waals surface area contributed by atoms with Crippen LogP contribution in [0.25, 0.3) is 0 Å². The van der Waals surface area contributed by atoms with Crippen molar-refractivity contribution in [3.8, 4) is 0 Å². The standard InChI is InChI=1S/C13H18F3NS/c1-10-4-2-6-12(8-10)18-9-11(17)5-3-7-13(14,15)16/h2,4,6,8,11H,3,5,7,9,17H2,1H3. The molecule has 1 atom stereocenters. The highest BCUT2D eigenvalue weighted by Gasteiger charge is 2.26. The molecule has 0 heterocycles. The summed E-state index contributed by atoms with van der Waals surface area (Å²) in [6, 6.07) is 7.82. The summed E-state index contributed by atoms with van der Waals surface area (Å²) in [5, 5.41) is 0. The average molecular weight is 277 g/mol. The molecule has 0 saturated heterocycles. The van der Waals surface area contributed by atoms with Gasteiger partial charge in [0.15, 0.2) is 0 Å². The molecule has 1 aromatic rings. The zero-order chi connectivity index (χ0) is 13.6. The van der Waals surface area contributed by atoms with Crippen LogP contribution in [0.4, 0.5) is 13.2 Å². The largest absolute Gasteiger partial charge is 0.389 e. The molecule has 0 amide bonds. The Hall–Kier alpha value is -0.680. The fourth-order valence-electron chi connectivity index (χ4n) is 1.56. The lowest BCUT2D eigenvalue weighted by atomic mass is 10.1. The van der Waals surface area contributed by atoms with Crippen molar-refractivity contribution in [2.75, 3.05) is 5.75 Å². The molecule has 102 valence electrons. The van der Waals surface area contributed by atoms with Gasteiger partial charge in [-0.25, -0.2) is 0 Å². The molecule has 0 aliphatic heterocycles. The molecular weight excluding hydrogens is 259 g/mol. The van der Waals surface area contributed by atoms with Crippen LogP contribution in [0.2, 0.25) is 0 Å². The lowest BCUT2D eigenvalue weighted by molar-refractivity contribution is -0.135. The van der Waals surface area contributed by atoms with Crippen molar-refractivity contribution < 1.29 is 13.2 Å². The van der Waals surface area contributed by atoms with E-state index in [2.05, 4.69) is 0 Å². The van der Waals surface area contributed by atoms with Gasteiger partial charge in [-0.3, -0.25) is 0 Å². The van der Waals surface area contributed by atoms with Crippen molar-refractivity contribution in [3.05, 3.63) is 29.8 Å². The maximum Gasteiger partial charge on any atom is 0.389 e. The number of nitrogens with two attached hydrogens (primary N) is 1. The Labute approximate surface area is 110 Å². The summed E-state index contributed by atoms with van der Waals surface area (Å²) in [5.41, 5.74) is 6.97. The monoisotopic (exact) mass is 277 g/mol. The molecule has 1 aromatic carbocycles. The molecule has 2 N–H and O–H groups in total. The molecular formula is C13H18F3NS. The molecule has 0 radical (unpaired) electrons. The zero-order valence-electron chi connectivity index (χ0n) is 10.3. The van der Waals surface area contributed by atoms with E-state index < -0.39 is 12.6 Å². The fraction of sp³-hybridized carbons (Fsp3) is 0.538. The summed E-state index contributed by atoms with van der Waals surface area (Å²) in [4.78, 5) is 1.11. The van der Waals surface area contributed by atoms with Gasteiger partial charge in [-0.05, 0) is 31.9 Å². The third-order valence-corrected chi connectivity index (χ3v) is 3.67.